The third kappa shape index (κ3) is 2.75. The SMILES string of the molecule is Cc1ccc(-n2ccc3nc(C)c4c(=O)n(-c5ccccc5)ccc4c3c2=O)cc1. The summed E-state index contributed by atoms with van der Waals surface area (Å²) in [7, 11) is 0. The summed E-state index contributed by atoms with van der Waals surface area (Å²) >= 11 is 0. The van der Waals surface area contributed by atoms with Crippen LogP contribution in [-0.2, 0) is 0 Å². The molecule has 2 aromatic carbocycles. The highest BCUT2D eigenvalue weighted by atomic mass is 16.1. The van der Waals surface area contributed by atoms with Gasteiger partial charge in [0.05, 0.1) is 22.0 Å². The maximum absolute atomic E-state index is 13.4. The number of rotatable bonds is 2. The number of aromatic nitrogens is 3. The Bertz CT molecular complexity index is 1530. The summed E-state index contributed by atoms with van der Waals surface area (Å²) in [5.41, 5.74) is 3.50. The average molecular weight is 393 g/mol. The summed E-state index contributed by atoms with van der Waals surface area (Å²) in [4.78, 5) is 31.3. The summed E-state index contributed by atoms with van der Waals surface area (Å²) in [6, 6.07) is 20.9. The van der Waals surface area contributed by atoms with Gasteiger partial charge in [0.25, 0.3) is 11.1 Å². The van der Waals surface area contributed by atoms with Gasteiger partial charge in [-0.2, -0.15) is 0 Å². The minimum Gasteiger partial charge on any atom is -0.284 e. The lowest BCUT2D eigenvalue weighted by Crippen LogP contribution is -2.22. The van der Waals surface area contributed by atoms with Crippen LogP contribution in [0.25, 0.3) is 33.1 Å². The molecule has 0 aliphatic carbocycles. The summed E-state index contributed by atoms with van der Waals surface area (Å²) in [5.74, 6) is 0. The van der Waals surface area contributed by atoms with E-state index < -0.39 is 0 Å². The largest absolute Gasteiger partial charge is 0.284 e. The fraction of sp³-hybridized carbons (Fsp3) is 0.0800. The number of hydrogen-bond donors (Lipinski definition) is 0. The van der Waals surface area contributed by atoms with Crippen LogP contribution in [0, 0.1) is 13.8 Å². The molecule has 0 radical (unpaired) electrons. The Morgan fingerprint density at radius 1 is 0.667 bits per heavy atom. The van der Waals surface area contributed by atoms with Crippen LogP contribution < -0.4 is 11.1 Å². The van der Waals surface area contributed by atoms with Crippen molar-refractivity contribution in [1.29, 1.82) is 0 Å². The van der Waals surface area contributed by atoms with Crippen molar-refractivity contribution < 1.29 is 0 Å². The number of benzene rings is 2. The molecule has 0 fully saturated rings. The van der Waals surface area contributed by atoms with Crippen molar-refractivity contribution in [3.05, 3.63) is 111 Å². The van der Waals surface area contributed by atoms with E-state index in [2.05, 4.69) is 4.98 Å². The Labute approximate surface area is 172 Å². The minimum atomic E-state index is -0.189. The van der Waals surface area contributed by atoms with Gasteiger partial charge in [-0.15, -0.1) is 0 Å². The lowest BCUT2D eigenvalue weighted by atomic mass is 10.1. The van der Waals surface area contributed by atoms with Crippen LogP contribution in [0.3, 0.4) is 0 Å². The fourth-order valence-corrected chi connectivity index (χ4v) is 3.90. The second kappa shape index (κ2) is 6.81. The molecule has 146 valence electrons. The number of fused-ring (bicyclic) bond motifs is 3. The van der Waals surface area contributed by atoms with Crippen LogP contribution >= 0.6 is 0 Å². The van der Waals surface area contributed by atoms with E-state index in [1.54, 1.807) is 21.5 Å². The Hall–Kier alpha value is -3.99. The lowest BCUT2D eigenvalue weighted by Gasteiger charge is -2.12. The van der Waals surface area contributed by atoms with Crippen LogP contribution in [0.2, 0.25) is 0 Å². The molecule has 5 heteroatoms. The molecule has 3 heterocycles. The monoisotopic (exact) mass is 393 g/mol. The Kier molecular flexibility index (Phi) is 4.10. The molecule has 0 aliphatic heterocycles. The molecule has 5 nitrogen and oxygen atoms in total. The summed E-state index contributed by atoms with van der Waals surface area (Å²) < 4.78 is 3.19. The maximum atomic E-state index is 13.4. The minimum absolute atomic E-state index is 0.185. The van der Waals surface area contributed by atoms with Crippen molar-refractivity contribution in [3.8, 4) is 11.4 Å². The van der Waals surface area contributed by atoms with Crippen molar-refractivity contribution in [3.63, 3.8) is 0 Å². The van der Waals surface area contributed by atoms with Crippen molar-refractivity contribution in [2.45, 2.75) is 13.8 Å². The topological polar surface area (TPSA) is 56.9 Å². The third-order valence-electron chi connectivity index (χ3n) is 5.43. The predicted octanol–water partition coefficient (Wildman–Crippen LogP) is 4.31. The molecule has 0 spiro atoms. The van der Waals surface area contributed by atoms with Gasteiger partial charge >= 0.3 is 0 Å². The number of pyridine rings is 3. The molecule has 0 aliphatic rings. The molecule has 5 rings (SSSR count). The van der Waals surface area contributed by atoms with Gasteiger partial charge in [-0.1, -0.05) is 35.9 Å². The zero-order valence-corrected chi connectivity index (χ0v) is 16.7. The molecule has 30 heavy (non-hydrogen) atoms. The summed E-state index contributed by atoms with van der Waals surface area (Å²) in [6.07, 6.45) is 3.46. The van der Waals surface area contributed by atoms with Crippen molar-refractivity contribution >= 4 is 21.7 Å². The van der Waals surface area contributed by atoms with E-state index in [4.69, 9.17) is 0 Å². The molecule has 0 N–H and O–H groups in total. The zero-order valence-electron chi connectivity index (χ0n) is 16.7. The number of aryl methyl sites for hydroxylation is 2. The first-order chi connectivity index (χ1) is 14.5. The molecule has 0 amide bonds. The molecule has 0 unspecified atom stereocenters. The van der Waals surface area contributed by atoms with E-state index in [0.29, 0.717) is 27.4 Å². The lowest BCUT2D eigenvalue weighted by molar-refractivity contribution is 0.995. The summed E-state index contributed by atoms with van der Waals surface area (Å²) in [5, 5.41) is 1.55. The molecule has 0 saturated heterocycles. The van der Waals surface area contributed by atoms with E-state index in [-0.39, 0.29) is 11.1 Å². The molecular formula is C25H19N3O2. The second-order valence-corrected chi connectivity index (χ2v) is 7.40. The standard InChI is InChI=1S/C25H19N3O2/c1-16-8-10-19(11-9-16)28-15-13-21-23(25(28)30)20-12-14-27(18-6-4-3-5-7-18)24(29)22(20)17(2)26-21/h3-15H,1-2H3. The molecular weight excluding hydrogens is 374 g/mol. The van der Waals surface area contributed by atoms with Crippen LogP contribution in [0.15, 0.2) is 88.7 Å². The van der Waals surface area contributed by atoms with Gasteiger partial charge in [0.1, 0.15) is 0 Å². The normalized spacial score (nSPS) is 11.3. The van der Waals surface area contributed by atoms with Gasteiger partial charge < -0.3 is 0 Å². The van der Waals surface area contributed by atoms with Crippen molar-refractivity contribution in [2.75, 3.05) is 0 Å². The second-order valence-electron chi connectivity index (χ2n) is 7.40. The summed E-state index contributed by atoms with van der Waals surface area (Å²) in [6.45, 7) is 3.81. The first-order valence-electron chi connectivity index (χ1n) is 9.74. The third-order valence-corrected chi connectivity index (χ3v) is 5.43. The van der Waals surface area contributed by atoms with E-state index in [9.17, 15) is 9.59 Å². The highest BCUT2D eigenvalue weighted by Crippen LogP contribution is 2.22. The van der Waals surface area contributed by atoms with Gasteiger partial charge in [0.15, 0.2) is 0 Å². The molecule has 3 aromatic heterocycles. The first kappa shape index (κ1) is 18.1. The number of hydrogen-bond acceptors (Lipinski definition) is 3. The quantitative estimate of drug-likeness (QED) is 0.420. The van der Waals surface area contributed by atoms with Gasteiger partial charge in [-0.3, -0.25) is 23.7 Å². The number of nitrogens with zero attached hydrogens (tertiary/aromatic N) is 3. The number of para-hydroxylation sites is 1. The van der Waals surface area contributed by atoms with Crippen LogP contribution in [0.1, 0.15) is 11.3 Å². The van der Waals surface area contributed by atoms with E-state index in [1.165, 1.54) is 0 Å². The van der Waals surface area contributed by atoms with Crippen molar-refractivity contribution in [2.24, 2.45) is 0 Å². The molecule has 0 bridgehead atoms. The van der Waals surface area contributed by atoms with Crippen LogP contribution in [0.5, 0.6) is 0 Å². The Morgan fingerprint density at radius 2 is 1.27 bits per heavy atom. The molecule has 0 saturated carbocycles. The van der Waals surface area contributed by atoms with Gasteiger partial charge in [-0.25, -0.2) is 0 Å². The smallest absolute Gasteiger partial charge is 0.265 e. The van der Waals surface area contributed by atoms with Crippen LogP contribution in [0.4, 0.5) is 0 Å². The first-order valence-corrected chi connectivity index (χ1v) is 9.74. The van der Waals surface area contributed by atoms with E-state index in [1.807, 2.05) is 80.6 Å². The average Bonchev–Trinajstić information content (AvgIpc) is 2.75. The van der Waals surface area contributed by atoms with Gasteiger partial charge in [0.2, 0.25) is 0 Å². The molecule has 0 atom stereocenters. The fourth-order valence-electron chi connectivity index (χ4n) is 3.90. The molecule has 5 aromatic rings. The maximum Gasteiger partial charge on any atom is 0.265 e. The highest BCUT2D eigenvalue weighted by molar-refractivity contribution is 6.05. The Balaban J connectivity index is 1.85. The van der Waals surface area contributed by atoms with Crippen molar-refractivity contribution in [1.82, 2.24) is 14.1 Å². The van der Waals surface area contributed by atoms with Gasteiger partial charge in [0, 0.05) is 29.2 Å². The van der Waals surface area contributed by atoms with Gasteiger partial charge in [-0.05, 0) is 50.2 Å². The van der Waals surface area contributed by atoms with Crippen LogP contribution in [-0.4, -0.2) is 14.1 Å². The van der Waals surface area contributed by atoms with E-state index >= 15 is 0 Å². The highest BCUT2D eigenvalue weighted by Gasteiger charge is 2.15. The zero-order chi connectivity index (χ0) is 20.8. The Morgan fingerprint density at radius 3 is 1.97 bits per heavy atom. The predicted molar refractivity (Wildman–Crippen MR) is 120 cm³/mol. The van der Waals surface area contributed by atoms with E-state index in [0.717, 1.165) is 16.9 Å².